The van der Waals surface area contributed by atoms with Gasteiger partial charge in [-0.1, -0.05) is 57.5 Å². The van der Waals surface area contributed by atoms with Gasteiger partial charge in [0, 0.05) is 0 Å². The molecule has 1 aliphatic carbocycles. The van der Waals surface area contributed by atoms with E-state index in [2.05, 4.69) is 31.0 Å². The molecule has 0 unspecified atom stereocenters. The smallest absolute Gasteiger partial charge is 0.372 e. The molecule has 1 heterocycles. The molecule has 5 atom stereocenters. The minimum Gasteiger partial charge on any atom is -0.460 e. The van der Waals surface area contributed by atoms with Crippen molar-refractivity contribution in [3.8, 4) is 0 Å². The number of ether oxygens (including phenoxy) is 1. The van der Waals surface area contributed by atoms with Crippen molar-refractivity contribution >= 4 is 13.6 Å². The monoisotopic (exact) mass is 464 g/mol. The third-order valence-electron chi connectivity index (χ3n) is 6.71. The predicted octanol–water partition coefficient (Wildman–Crippen LogP) is 6.20. The minimum atomic E-state index is -4.04. The van der Waals surface area contributed by atoms with Crippen LogP contribution in [-0.4, -0.2) is 37.1 Å². The molecule has 178 valence electrons. The molecule has 0 N–H and O–H groups in total. The van der Waals surface area contributed by atoms with E-state index in [1.54, 1.807) is 13.8 Å². The van der Waals surface area contributed by atoms with E-state index in [1.807, 2.05) is 30.3 Å². The Balaban J connectivity index is 2.05. The summed E-state index contributed by atoms with van der Waals surface area (Å²) in [6.45, 7) is 10.4. The van der Waals surface area contributed by atoms with Crippen molar-refractivity contribution in [2.45, 2.75) is 71.2 Å². The summed E-state index contributed by atoms with van der Waals surface area (Å²) in [5.74, 6) is -0.156. The molecule has 1 aromatic rings. The van der Waals surface area contributed by atoms with Crippen molar-refractivity contribution in [1.29, 1.82) is 0 Å². The number of nitrogens with zero attached hydrogens (tertiary/aromatic N) is 2. The average molecular weight is 465 g/mol. The lowest BCUT2D eigenvalue weighted by Crippen LogP contribution is -2.47. The second-order valence-electron chi connectivity index (χ2n) is 9.22. The molecule has 7 nitrogen and oxygen atoms in total. The summed E-state index contributed by atoms with van der Waals surface area (Å²) in [7, 11) is -4.04. The maximum absolute atomic E-state index is 14.2. The van der Waals surface area contributed by atoms with Gasteiger partial charge < -0.3 is 13.8 Å². The Morgan fingerprint density at radius 3 is 2.41 bits per heavy atom. The first-order valence-corrected chi connectivity index (χ1v) is 13.4. The van der Waals surface area contributed by atoms with Crippen molar-refractivity contribution in [1.82, 2.24) is 0 Å². The second kappa shape index (κ2) is 10.6. The highest BCUT2D eigenvalue weighted by atomic mass is 31.2. The molecule has 1 saturated carbocycles. The molecule has 0 spiro atoms. The molecule has 1 aliphatic heterocycles. The van der Waals surface area contributed by atoms with Crippen LogP contribution in [0, 0.1) is 17.8 Å². The first-order valence-electron chi connectivity index (χ1n) is 11.8. The molecule has 0 bridgehead atoms. The van der Waals surface area contributed by atoms with Crippen molar-refractivity contribution in [3.05, 3.63) is 35.9 Å². The summed E-state index contributed by atoms with van der Waals surface area (Å²) >= 11 is 0. The fourth-order valence-electron chi connectivity index (χ4n) is 5.04. The van der Waals surface area contributed by atoms with Crippen LogP contribution >= 0.6 is 7.60 Å². The predicted molar refractivity (Wildman–Crippen MR) is 124 cm³/mol. The molecule has 32 heavy (non-hydrogen) atoms. The SMILES string of the molecule is CCOP(=O)(OCC)[C@]1(C(=O)O[C@@H]2C[C@H](C)CC[C@H]2C(C)C)N=NC[C@@H]1c1ccccc1. The van der Waals surface area contributed by atoms with Crippen LogP contribution in [0.2, 0.25) is 0 Å². The highest BCUT2D eigenvalue weighted by molar-refractivity contribution is 7.56. The minimum absolute atomic E-state index is 0.123. The van der Waals surface area contributed by atoms with Crippen LogP contribution in [0.15, 0.2) is 40.6 Å². The van der Waals surface area contributed by atoms with Gasteiger partial charge in [0.2, 0.25) is 0 Å². The fourth-order valence-corrected chi connectivity index (χ4v) is 7.25. The van der Waals surface area contributed by atoms with Gasteiger partial charge in [-0.15, -0.1) is 0 Å². The van der Waals surface area contributed by atoms with Gasteiger partial charge in [-0.05, 0) is 50.0 Å². The Kier molecular flexibility index (Phi) is 8.29. The van der Waals surface area contributed by atoms with E-state index in [4.69, 9.17) is 13.8 Å². The third kappa shape index (κ3) is 4.71. The summed E-state index contributed by atoms with van der Waals surface area (Å²) < 4.78 is 31.8. The Bertz CT molecular complexity index is 836. The zero-order valence-corrected chi connectivity index (χ0v) is 20.8. The van der Waals surface area contributed by atoms with Gasteiger partial charge in [0.15, 0.2) is 0 Å². The molecule has 2 aliphatic rings. The Labute approximate surface area is 191 Å². The topological polar surface area (TPSA) is 86.5 Å². The van der Waals surface area contributed by atoms with E-state index < -0.39 is 24.8 Å². The van der Waals surface area contributed by atoms with Crippen LogP contribution < -0.4 is 0 Å². The van der Waals surface area contributed by atoms with Crippen LogP contribution in [0.4, 0.5) is 0 Å². The van der Waals surface area contributed by atoms with Crippen LogP contribution in [0.1, 0.15) is 65.4 Å². The molecular formula is C24H37N2O5P. The van der Waals surface area contributed by atoms with E-state index in [0.29, 0.717) is 11.8 Å². The lowest BCUT2D eigenvalue weighted by Gasteiger charge is -2.40. The largest absolute Gasteiger partial charge is 0.460 e. The number of esters is 1. The standard InChI is InChI=1S/C24H37N2O5P/c1-6-29-32(28,30-7-2)24(21(16-25-26-24)19-11-9-8-10-12-19)23(27)31-22-15-18(5)13-14-20(22)17(3)4/h8-12,17-18,20-22H,6-7,13-16H2,1-5H3/t18-,20+,21-,22-,24-/m1/s1. The number of carbonyl (C=O) groups is 1. The fraction of sp³-hybridized carbons (Fsp3) is 0.708. The summed E-state index contributed by atoms with van der Waals surface area (Å²) in [5.41, 5.74) is 0.812. The van der Waals surface area contributed by atoms with Crippen LogP contribution in [0.3, 0.4) is 0 Å². The molecule has 0 aromatic heterocycles. The van der Waals surface area contributed by atoms with E-state index in [-0.39, 0.29) is 31.8 Å². The van der Waals surface area contributed by atoms with Crippen molar-refractivity contribution in [3.63, 3.8) is 0 Å². The summed E-state index contributed by atoms with van der Waals surface area (Å²) in [5, 5.41) is 6.68. The van der Waals surface area contributed by atoms with E-state index in [1.165, 1.54) is 0 Å². The van der Waals surface area contributed by atoms with E-state index in [9.17, 15) is 9.36 Å². The van der Waals surface area contributed by atoms with Gasteiger partial charge in [-0.3, -0.25) is 4.57 Å². The number of azo groups is 1. The number of hydrogen-bond acceptors (Lipinski definition) is 7. The maximum Gasteiger partial charge on any atom is 0.372 e. The van der Waals surface area contributed by atoms with Gasteiger partial charge >= 0.3 is 13.6 Å². The molecule has 0 saturated heterocycles. The van der Waals surface area contributed by atoms with Gasteiger partial charge in [0.25, 0.3) is 5.28 Å². The summed E-state index contributed by atoms with van der Waals surface area (Å²) in [6, 6.07) is 9.45. The van der Waals surface area contributed by atoms with Crippen LogP contribution in [0.5, 0.6) is 0 Å². The van der Waals surface area contributed by atoms with Crippen molar-refractivity contribution in [2.75, 3.05) is 19.8 Å². The van der Waals surface area contributed by atoms with Crippen molar-refractivity contribution in [2.24, 2.45) is 28.0 Å². The first kappa shape index (κ1) is 25.1. The highest BCUT2D eigenvalue weighted by Crippen LogP contribution is 2.68. The zero-order chi connectivity index (χ0) is 23.4. The Morgan fingerprint density at radius 2 is 1.81 bits per heavy atom. The molecule has 1 aromatic carbocycles. The van der Waals surface area contributed by atoms with Gasteiger partial charge in [0.1, 0.15) is 6.10 Å². The summed E-state index contributed by atoms with van der Waals surface area (Å²) in [4.78, 5) is 14.0. The van der Waals surface area contributed by atoms with Crippen LogP contribution in [-0.2, 0) is 23.1 Å². The lowest BCUT2D eigenvalue weighted by molar-refractivity contribution is -0.160. The molecule has 0 radical (unpaired) electrons. The maximum atomic E-state index is 14.2. The number of rotatable bonds is 9. The van der Waals surface area contributed by atoms with Crippen molar-refractivity contribution < 1.29 is 23.1 Å². The zero-order valence-electron chi connectivity index (χ0n) is 19.9. The van der Waals surface area contributed by atoms with Gasteiger partial charge in [-0.25, -0.2) is 4.79 Å². The van der Waals surface area contributed by atoms with E-state index >= 15 is 0 Å². The third-order valence-corrected chi connectivity index (χ3v) is 9.33. The quantitative estimate of drug-likeness (QED) is 0.321. The summed E-state index contributed by atoms with van der Waals surface area (Å²) in [6.07, 6.45) is 2.64. The van der Waals surface area contributed by atoms with Crippen LogP contribution in [0.25, 0.3) is 0 Å². The number of benzene rings is 1. The average Bonchev–Trinajstić information content (AvgIpc) is 3.21. The first-order chi connectivity index (χ1) is 15.3. The second-order valence-corrected chi connectivity index (χ2v) is 11.4. The molecule has 3 rings (SSSR count). The lowest BCUT2D eigenvalue weighted by atomic mass is 9.75. The Hall–Kier alpha value is -1.56. The highest BCUT2D eigenvalue weighted by Gasteiger charge is 2.67. The van der Waals surface area contributed by atoms with Gasteiger partial charge in [-0.2, -0.15) is 10.2 Å². The molecule has 8 heteroatoms. The molecular weight excluding hydrogens is 427 g/mol. The van der Waals surface area contributed by atoms with Gasteiger partial charge in [0.05, 0.1) is 25.7 Å². The van der Waals surface area contributed by atoms with E-state index in [0.717, 1.165) is 24.8 Å². The number of carbonyl (C=O) groups excluding carboxylic acids is 1. The number of hydrogen-bond donors (Lipinski definition) is 0. The molecule has 1 fully saturated rings. The normalized spacial score (nSPS) is 30.6. The molecule has 0 amide bonds. The Morgan fingerprint density at radius 1 is 1.16 bits per heavy atom.